The van der Waals surface area contributed by atoms with Gasteiger partial charge in [-0.05, 0) is 12.1 Å². The molecule has 1 aromatic heterocycles. The van der Waals surface area contributed by atoms with Crippen molar-refractivity contribution in [1.82, 2.24) is 20.0 Å². The smallest absolute Gasteiger partial charge is 0.274 e. The number of fused-ring (bicyclic) bond motifs is 1. The molecule has 7 heteroatoms. The SMILES string of the molecule is COc1ccccc1C1CNCCN1C(=O)Cc1nn(C)c(=O)c2ccccc12. The van der Waals surface area contributed by atoms with Gasteiger partial charge in [0.05, 0.1) is 30.7 Å². The molecule has 1 unspecified atom stereocenters. The topological polar surface area (TPSA) is 76.5 Å². The van der Waals surface area contributed by atoms with Crippen molar-refractivity contribution in [3.05, 3.63) is 70.1 Å². The Labute approximate surface area is 168 Å². The Morgan fingerprint density at radius 1 is 1.17 bits per heavy atom. The van der Waals surface area contributed by atoms with Crippen molar-refractivity contribution < 1.29 is 9.53 Å². The van der Waals surface area contributed by atoms with Gasteiger partial charge in [0.25, 0.3) is 5.56 Å². The highest BCUT2D eigenvalue weighted by Crippen LogP contribution is 2.30. The van der Waals surface area contributed by atoms with E-state index < -0.39 is 0 Å². The Hall–Kier alpha value is -3.19. The fourth-order valence-corrected chi connectivity index (χ4v) is 3.97. The zero-order valence-electron chi connectivity index (χ0n) is 16.6. The van der Waals surface area contributed by atoms with E-state index in [2.05, 4.69) is 10.4 Å². The normalized spacial score (nSPS) is 16.8. The quantitative estimate of drug-likeness (QED) is 0.731. The fraction of sp³-hybridized carbons (Fsp3) is 0.318. The number of hydrogen-bond acceptors (Lipinski definition) is 5. The first-order valence-corrected chi connectivity index (χ1v) is 9.68. The number of nitrogens with one attached hydrogen (secondary N) is 1. The average molecular weight is 392 g/mol. The number of aryl methyl sites for hydroxylation is 1. The first-order valence-electron chi connectivity index (χ1n) is 9.68. The molecule has 1 fully saturated rings. The Balaban J connectivity index is 1.68. The molecular formula is C22H24N4O3. The van der Waals surface area contributed by atoms with E-state index in [0.717, 1.165) is 23.2 Å². The van der Waals surface area contributed by atoms with Crippen molar-refractivity contribution in [3.63, 3.8) is 0 Å². The second-order valence-electron chi connectivity index (χ2n) is 7.15. The van der Waals surface area contributed by atoms with Gasteiger partial charge in [-0.1, -0.05) is 36.4 Å². The lowest BCUT2D eigenvalue weighted by Crippen LogP contribution is -2.49. The van der Waals surface area contributed by atoms with E-state index in [9.17, 15) is 9.59 Å². The third-order valence-electron chi connectivity index (χ3n) is 5.41. The summed E-state index contributed by atoms with van der Waals surface area (Å²) in [5.41, 5.74) is 1.43. The third kappa shape index (κ3) is 3.61. The number of amides is 1. The first kappa shape index (κ1) is 19.1. The van der Waals surface area contributed by atoms with E-state index in [4.69, 9.17) is 4.74 Å². The van der Waals surface area contributed by atoms with Crippen molar-refractivity contribution in [2.45, 2.75) is 12.5 Å². The molecule has 1 N–H and O–H groups in total. The molecule has 0 spiro atoms. The number of nitrogens with zero attached hydrogens (tertiary/aromatic N) is 3. The number of methoxy groups -OCH3 is 1. The van der Waals surface area contributed by atoms with Crippen LogP contribution in [0.3, 0.4) is 0 Å². The van der Waals surface area contributed by atoms with Gasteiger partial charge in [0.1, 0.15) is 5.75 Å². The Bertz CT molecular complexity index is 1110. The van der Waals surface area contributed by atoms with Crippen LogP contribution < -0.4 is 15.6 Å². The van der Waals surface area contributed by atoms with Crippen LogP contribution >= 0.6 is 0 Å². The summed E-state index contributed by atoms with van der Waals surface area (Å²) in [7, 11) is 3.26. The van der Waals surface area contributed by atoms with E-state index in [1.165, 1.54) is 4.68 Å². The molecular weight excluding hydrogens is 368 g/mol. The summed E-state index contributed by atoms with van der Waals surface area (Å²) in [5.74, 6) is 0.753. The summed E-state index contributed by atoms with van der Waals surface area (Å²) in [4.78, 5) is 27.6. The summed E-state index contributed by atoms with van der Waals surface area (Å²) in [6, 6.07) is 15.0. The highest BCUT2D eigenvalue weighted by Gasteiger charge is 2.30. The summed E-state index contributed by atoms with van der Waals surface area (Å²) in [6.07, 6.45) is 0.139. The van der Waals surface area contributed by atoms with Crippen LogP contribution in [0.5, 0.6) is 5.75 Å². The number of aromatic nitrogens is 2. The van der Waals surface area contributed by atoms with Gasteiger partial charge in [0.15, 0.2) is 0 Å². The van der Waals surface area contributed by atoms with Gasteiger partial charge >= 0.3 is 0 Å². The standard InChI is InChI=1S/C22H24N4O3/c1-25-22(28)16-8-4-3-7-15(16)18(24-25)13-21(27)26-12-11-23-14-19(26)17-9-5-6-10-20(17)29-2/h3-10,19,23H,11-14H2,1-2H3. The molecule has 4 rings (SSSR count). The predicted octanol–water partition coefficient (Wildman–Crippen LogP) is 1.66. The van der Waals surface area contributed by atoms with Gasteiger partial charge in [0, 0.05) is 37.6 Å². The van der Waals surface area contributed by atoms with E-state index >= 15 is 0 Å². The molecule has 7 nitrogen and oxygen atoms in total. The van der Waals surface area contributed by atoms with E-state index in [1.807, 2.05) is 47.4 Å². The van der Waals surface area contributed by atoms with Crippen LogP contribution in [-0.4, -0.2) is 47.3 Å². The summed E-state index contributed by atoms with van der Waals surface area (Å²) >= 11 is 0. The second kappa shape index (κ2) is 8.05. The van der Waals surface area contributed by atoms with Crippen LogP contribution in [-0.2, 0) is 18.3 Å². The number of para-hydroxylation sites is 1. The van der Waals surface area contributed by atoms with Crippen molar-refractivity contribution in [2.24, 2.45) is 7.05 Å². The summed E-state index contributed by atoms with van der Waals surface area (Å²) < 4.78 is 6.82. The molecule has 1 saturated heterocycles. The second-order valence-corrected chi connectivity index (χ2v) is 7.15. The molecule has 0 saturated carbocycles. The molecule has 0 bridgehead atoms. The van der Waals surface area contributed by atoms with Gasteiger partial charge in [-0.15, -0.1) is 0 Å². The first-order chi connectivity index (χ1) is 14.1. The molecule has 150 valence electrons. The lowest BCUT2D eigenvalue weighted by Gasteiger charge is -2.37. The lowest BCUT2D eigenvalue weighted by atomic mass is 10.0. The number of piperazine rings is 1. The van der Waals surface area contributed by atoms with Crippen LogP contribution in [0.25, 0.3) is 10.8 Å². The molecule has 2 heterocycles. The van der Waals surface area contributed by atoms with Gasteiger partial charge in [-0.2, -0.15) is 5.10 Å². The molecule has 3 aromatic rings. The molecule has 0 radical (unpaired) electrons. The fourth-order valence-electron chi connectivity index (χ4n) is 3.97. The van der Waals surface area contributed by atoms with Gasteiger partial charge in [0.2, 0.25) is 5.91 Å². The van der Waals surface area contributed by atoms with Crippen molar-refractivity contribution in [2.75, 3.05) is 26.7 Å². The van der Waals surface area contributed by atoms with Crippen LogP contribution in [0.2, 0.25) is 0 Å². The van der Waals surface area contributed by atoms with Crippen LogP contribution in [0.15, 0.2) is 53.3 Å². The summed E-state index contributed by atoms with van der Waals surface area (Å²) in [5, 5.41) is 9.06. The van der Waals surface area contributed by atoms with Gasteiger partial charge in [-0.25, -0.2) is 4.68 Å². The highest BCUT2D eigenvalue weighted by atomic mass is 16.5. The summed E-state index contributed by atoms with van der Waals surface area (Å²) in [6.45, 7) is 2.00. The largest absolute Gasteiger partial charge is 0.496 e. The number of hydrogen-bond donors (Lipinski definition) is 1. The lowest BCUT2D eigenvalue weighted by molar-refractivity contribution is -0.133. The number of carbonyl (C=O) groups is 1. The van der Waals surface area contributed by atoms with Crippen molar-refractivity contribution in [1.29, 1.82) is 0 Å². The van der Waals surface area contributed by atoms with Crippen molar-refractivity contribution >= 4 is 16.7 Å². The number of rotatable bonds is 4. The van der Waals surface area contributed by atoms with Crippen LogP contribution in [0.4, 0.5) is 0 Å². The average Bonchev–Trinajstić information content (AvgIpc) is 2.77. The van der Waals surface area contributed by atoms with E-state index in [1.54, 1.807) is 20.2 Å². The van der Waals surface area contributed by atoms with Gasteiger partial charge < -0.3 is 15.0 Å². The zero-order valence-corrected chi connectivity index (χ0v) is 16.6. The number of carbonyl (C=O) groups excluding carboxylic acids is 1. The Morgan fingerprint density at radius 2 is 1.90 bits per heavy atom. The maximum Gasteiger partial charge on any atom is 0.274 e. The van der Waals surface area contributed by atoms with Crippen LogP contribution in [0.1, 0.15) is 17.3 Å². The number of benzene rings is 2. The maximum atomic E-state index is 13.3. The zero-order chi connectivity index (χ0) is 20.4. The molecule has 1 aliphatic heterocycles. The minimum Gasteiger partial charge on any atom is -0.496 e. The number of ether oxygens (including phenoxy) is 1. The molecule has 1 aliphatic rings. The Morgan fingerprint density at radius 3 is 2.69 bits per heavy atom. The molecule has 2 aromatic carbocycles. The van der Waals surface area contributed by atoms with Gasteiger partial charge in [-0.3, -0.25) is 9.59 Å². The van der Waals surface area contributed by atoms with Crippen molar-refractivity contribution in [3.8, 4) is 5.75 Å². The van der Waals surface area contributed by atoms with Crippen LogP contribution in [0, 0.1) is 0 Å². The van der Waals surface area contributed by atoms with E-state index in [0.29, 0.717) is 24.2 Å². The monoisotopic (exact) mass is 392 g/mol. The highest BCUT2D eigenvalue weighted by molar-refractivity contribution is 5.88. The molecule has 1 atom stereocenters. The van der Waals surface area contributed by atoms with E-state index in [-0.39, 0.29) is 23.9 Å². The Kier molecular flexibility index (Phi) is 5.31. The minimum absolute atomic E-state index is 0.0151. The molecule has 1 amide bonds. The predicted molar refractivity (Wildman–Crippen MR) is 111 cm³/mol. The minimum atomic E-state index is -0.161. The molecule has 29 heavy (non-hydrogen) atoms. The maximum absolute atomic E-state index is 13.3. The molecule has 0 aliphatic carbocycles. The third-order valence-corrected chi connectivity index (χ3v) is 5.41.